The van der Waals surface area contributed by atoms with Gasteiger partial charge in [0.05, 0.1) is 6.61 Å². The maximum Gasteiger partial charge on any atom is 0.121 e. The minimum absolute atomic E-state index is 0.609. The van der Waals surface area contributed by atoms with E-state index >= 15 is 0 Å². The molecule has 102 valence electrons. The Balaban J connectivity index is 2.23. The van der Waals surface area contributed by atoms with Crippen molar-refractivity contribution in [3.63, 3.8) is 0 Å². The quantitative estimate of drug-likeness (QED) is 0.597. The van der Waals surface area contributed by atoms with Gasteiger partial charge < -0.3 is 15.4 Å². The van der Waals surface area contributed by atoms with Gasteiger partial charge in [-0.1, -0.05) is 19.9 Å². The third-order valence-electron chi connectivity index (χ3n) is 3.44. The van der Waals surface area contributed by atoms with Gasteiger partial charge in [0, 0.05) is 24.3 Å². The van der Waals surface area contributed by atoms with Gasteiger partial charge in [0.25, 0.3) is 0 Å². The molecule has 0 fully saturated rings. The van der Waals surface area contributed by atoms with Crippen LogP contribution in [0.4, 0.5) is 5.69 Å². The average Bonchev–Trinajstić information content (AvgIpc) is 2.33. The second-order valence-electron chi connectivity index (χ2n) is 5.24. The van der Waals surface area contributed by atoms with Crippen molar-refractivity contribution in [2.45, 2.75) is 33.2 Å². The number of nitrogens with zero attached hydrogens (tertiary/aromatic N) is 1. The van der Waals surface area contributed by atoms with Crippen molar-refractivity contribution in [3.8, 4) is 5.75 Å². The molecule has 1 rings (SSSR count). The topological polar surface area (TPSA) is 38.5 Å². The van der Waals surface area contributed by atoms with Gasteiger partial charge in [-0.3, -0.25) is 0 Å². The Morgan fingerprint density at radius 2 is 2.00 bits per heavy atom. The van der Waals surface area contributed by atoms with Crippen molar-refractivity contribution < 1.29 is 4.74 Å². The number of ether oxygens (including phenoxy) is 1. The minimum atomic E-state index is 0.609. The highest BCUT2D eigenvalue weighted by atomic mass is 16.5. The number of nitrogen functional groups attached to an aromatic ring is 1. The molecule has 1 atom stereocenters. The van der Waals surface area contributed by atoms with E-state index in [4.69, 9.17) is 10.5 Å². The molecule has 1 aromatic carbocycles. The molecule has 2 N–H and O–H groups in total. The van der Waals surface area contributed by atoms with Crippen LogP contribution in [-0.4, -0.2) is 31.1 Å². The van der Waals surface area contributed by atoms with Crippen LogP contribution in [0.25, 0.3) is 0 Å². The molecule has 0 radical (unpaired) electrons. The summed E-state index contributed by atoms with van der Waals surface area (Å²) in [5, 5.41) is 0. The Morgan fingerprint density at radius 1 is 1.28 bits per heavy atom. The summed E-state index contributed by atoms with van der Waals surface area (Å²) < 4.78 is 5.67. The lowest BCUT2D eigenvalue weighted by molar-refractivity contribution is 0.189. The van der Waals surface area contributed by atoms with Crippen LogP contribution in [0.2, 0.25) is 0 Å². The first-order valence-electron chi connectivity index (χ1n) is 6.69. The summed E-state index contributed by atoms with van der Waals surface area (Å²) in [6, 6.07) is 8.19. The molecule has 3 heteroatoms. The average molecular weight is 250 g/mol. The minimum Gasteiger partial charge on any atom is -0.493 e. The smallest absolute Gasteiger partial charge is 0.121 e. The molecule has 0 aliphatic rings. The Hall–Kier alpha value is -1.22. The van der Waals surface area contributed by atoms with Crippen molar-refractivity contribution in [1.82, 2.24) is 4.90 Å². The third-order valence-corrected chi connectivity index (χ3v) is 3.44. The Morgan fingerprint density at radius 3 is 2.61 bits per heavy atom. The molecule has 0 aliphatic carbocycles. The lowest BCUT2D eigenvalue weighted by atomic mass is 10.1. The molecule has 0 saturated heterocycles. The van der Waals surface area contributed by atoms with Gasteiger partial charge in [-0.25, -0.2) is 0 Å². The number of rotatable bonds is 7. The number of anilines is 1. The van der Waals surface area contributed by atoms with Crippen LogP contribution < -0.4 is 10.5 Å². The number of nitrogens with two attached hydrogens (primary N) is 1. The van der Waals surface area contributed by atoms with E-state index in [9.17, 15) is 0 Å². The van der Waals surface area contributed by atoms with E-state index in [0.29, 0.717) is 12.0 Å². The largest absolute Gasteiger partial charge is 0.493 e. The van der Waals surface area contributed by atoms with Gasteiger partial charge >= 0.3 is 0 Å². The molecule has 18 heavy (non-hydrogen) atoms. The van der Waals surface area contributed by atoms with Gasteiger partial charge in [-0.15, -0.1) is 0 Å². The zero-order valence-electron chi connectivity index (χ0n) is 12.0. The van der Waals surface area contributed by atoms with E-state index in [1.165, 1.54) is 0 Å². The van der Waals surface area contributed by atoms with E-state index in [1.807, 2.05) is 24.3 Å². The first-order chi connectivity index (χ1) is 8.50. The van der Waals surface area contributed by atoms with Gasteiger partial charge in [-0.05, 0) is 38.4 Å². The summed E-state index contributed by atoms with van der Waals surface area (Å²) in [5.41, 5.74) is 6.44. The normalized spacial score (nSPS) is 13.0. The zero-order valence-corrected chi connectivity index (χ0v) is 12.0. The van der Waals surface area contributed by atoms with E-state index in [1.54, 1.807) is 0 Å². The van der Waals surface area contributed by atoms with Crippen LogP contribution in [0.5, 0.6) is 5.75 Å². The van der Waals surface area contributed by atoms with Crippen molar-refractivity contribution in [2.75, 3.05) is 25.9 Å². The molecule has 0 aromatic heterocycles. The molecular formula is C15H26N2O. The standard InChI is InChI=1S/C15H26N2O/c1-12(2)13(3)17(4)9-6-10-18-15-8-5-7-14(16)11-15/h5,7-8,11-13H,6,9-10,16H2,1-4H3. The molecule has 0 amide bonds. The Labute approximate surface area is 111 Å². The van der Waals surface area contributed by atoms with Crippen molar-refractivity contribution in [2.24, 2.45) is 5.92 Å². The molecule has 0 bridgehead atoms. The highest BCUT2D eigenvalue weighted by Gasteiger charge is 2.12. The summed E-state index contributed by atoms with van der Waals surface area (Å²) >= 11 is 0. The van der Waals surface area contributed by atoms with E-state index in [0.717, 1.165) is 31.0 Å². The van der Waals surface area contributed by atoms with Gasteiger partial charge in [0.1, 0.15) is 5.75 Å². The van der Waals surface area contributed by atoms with Crippen LogP contribution >= 0.6 is 0 Å². The monoisotopic (exact) mass is 250 g/mol. The SMILES string of the molecule is CC(C)C(C)N(C)CCCOc1cccc(N)c1. The van der Waals surface area contributed by atoms with Crippen molar-refractivity contribution in [1.29, 1.82) is 0 Å². The van der Waals surface area contributed by atoms with Crippen LogP contribution in [0.15, 0.2) is 24.3 Å². The van der Waals surface area contributed by atoms with Crippen molar-refractivity contribution >= 4 is 5.69 Å². The maximum atomic E-state index is 5.70. The van der Waals surface area contributed by atoms with Gasteiger partial charge in [0.2, 0.25) is 0 Å². The summed E-state index contributed by atoms with van der Waals surface area (Å²) in [6.45, 7) is 8.57. The molecule has 0 spiro atoms. The predicted molar refractivity (Wildman–Crippen MR) is 77.9 cm³/mol. The lowest BCUT2D eigenvalue weighted by Crippen LogP contribution is -2.34. The Bertz CT molecular complexity index is 352. The van der Waals surface area contributed by atoms with Gasteiger partial charge in [-0.2, -0.15) is 0 Å². The summed E-state index contributed by atoms with van der Waals surface area (Å²) in [6.07, 6.45) is 1.03. The fourth-order valence-corrected chi connectivity index (χ4v) is 1.82. The summed E-state index contributed by atoms with van der Waals surface area (Å²) in [7, 11) is 2.17. The molecule has 1 aromatic rings. The van der Waals surface area contributed by atoms with Gasteiger partial charge in [0.15, 0.2) is 0 Å². The Kier molecular flexibility index (Phi) is 5.99. The van der Waals surface area contributed by atoms with E-state index < -0.39 is 0 Å². The zero-order chi connectivity index (χ0) is 13.5. The molecule has 0 saturated carbocycles. The van der Waals surface area contributed by atoms with Crippen LogP contribution in [0.1, 0.15) is 27.2 Å². The number of hydrogen-bond acceptors (Lipinski definition) is 3. The highest BCUT2D eigenvalue weighted by Crippen LogP contribution is 2.14. The van der Waals surface area contributed by atoms with E-state index in [2.05, 4.69) is 32.7 Å². The third kappa shape index (κ3) is 4.96. The van der Waals surface area contributed by atoms with Crippen LogP contribution in [0, 0.1) is 5.92 Å². The van der Waals surface area contributed by atoms with Crippen LogP contribution in [-0.2, 0) is 0 Å². The van der Waals surface area contributed by atoms with E-state index in [-0.39, 0.29) is 0 Å². The molecule has 0 heterocycles. The molecule has 0 aliphatic heterocycles. The second-order valence-corrected chi connectivity index (χ2v) is 5.24. The number of hydrogen-bond donors (Lipinski definition) is 1. The summed E-state index contributed by atoms with van der Waals surface area (Å²) in [4.78, 5) is 2.38. The molecular weight excluding hydrogens is 224 g/mol. The molecule has 1 unspecified atom stereocenters. The lowest BCUT2D eigenvalue weighted by Gasteiger charge is -2.27. The highest BCUT2D eigenvalue weighted by molar-refractivity contribution is 5.43. The molecule has 3 nitrogen and oxygen atoms in total. The first kappa shape index (κ1) is 14.8. The summed E-state index contributed by atoms with van der Waals surface area (Å²) in [5.74, 6) is 1.54. The fraction of sp³-hybridized carbons (Fsp3) is 0.600. The number of benzene rings is 1. The second kappa shape index (κ2) is 7.27. The van der Waals surface area contributed by atoms with Crippen LogP contribution in [0.3, 0.4) is 0 Å². The first-order valence-corrected chi connectivity index (χ1v) is 6.69. The van der Waals surface area contributed by atoms with Crippen molar-refractivity contribution in [3.05, 3.63) is 24.3 Å². The predicted octanol–water partition coefficient (Wildman–Crippen LogP) is 3.01. The maximum absolute atomic E-state index is 5.70. The fourth-order valence-electron chi connectivity index (χ4n) is 1.82.